The molecule has 0 amide bonds. The molecule has 0 saturated heterocycles. The molecule has 0 aliphatic carbocycles. The van der Waals surface area contributed by atoms with Crippen LogP contribution < -0.4 is 0 Å². The molecular formula is C54H90N2Ni. The molecule has 0 fully saturated rings. The molecule has 0 spiro atoms. The number of benzene rings is 2. The van der Waals surface area contributed by atoms with Crippen LogP contribution in [-0.4, -0.2) is 10.7 Å². The van der Waals surface area contributed by atoms with Crippen LogP contribution in [0.5, 0.6) is 0 Å². The molecule has 0 bridgehead atoms. The minimum atomic E-state index is 0. The molecule has 0 aliphatic heterocycles. The Morgan fingerprint density at radius 2 is 0.825 bits per heavy atom. The van der Waals surface area contributed by atoms with E-state index >= 15 is 0 Å². The van der Waals surface area contributed by atoms with Crippen LogP contribution in [-0.2, 0) is 55.0 Å². The number of allylic oxidation sites excluding steroid dienone is 2. The predicted octanol–water partition coefficient (Wildman–Crippen LogP) is 17.2. The number of hydrogen-bond acceptors (Lipinski definition) is 0. The monoisotopic (exact) mass is 825 g/mol. The van der Waals surface area contributed by atoms with Crippen LogP contribution in [0.2, 0.25) is 0 Å². The van der Waals surface area contributed by atoms with Crippen LogP contribution in [0.4, 0.5) is 0 Å². The quantitative estimate of drug-likeness (QED) is 0.0138. The van der Waals surface area contributed by atoms with E-state index in [1.165, 1.54) is 138 Å². The third kappa shape index (κ3) is 20.1. The molecule has 0 unspecified atom stereocenters. The first-order valence-electron chi connectivity index (χ1n) is 23.5. The zero-order valence-electron chi connectivity index (χ0n) is 39.3. The molecule has 0 heterocycles. The van der Waals surface area contributed by atoms with E-state index in [1.54, 1.807) is 33.4 Å². The molecule has 0 aliphatic rings. The summed E-state index contributed by atoms with van der Waals surface area (Å²) in [5, 5.41) is 0. The summed E-state index contributed by atoms with van der Waals surface area (Å²) in [6.45, 7) is 18.6. The molecule has 0 aromatic heterocycles. The molecule has 2 aromatic rings. The molecule has 3 heteroatoms. The molecule has 0 atom stereocenters. The third-order valence-corrected chi connectivity index (χ3v) is 11.5. The third-order valence-electron chi connectivity index (χ3n) is 11.5. The van der Waals surface area contributed by atoms with Crippen molar-refractivity contribution in [1.29, 1.82) is 0 Å². The first-order valence-corrected chi connectivity index (χ1v) is 23.5. The van der Waals surface area contributed by atoms with Gasteiger partial charge in [-0.2, -0.15) is 0 Å². The zero-order chi connectivity index (χ0) is 39.4. The molecule has 2 aromatic carbocycles. The van der Waals surface area contributed by atoms with Gasteiger partial charge >= 0.3 is 22.4 Å². The van der Waals surface area contributed by atoms with E-state index in [-0.39, 0.29) is 31.3 Å². The van der Waals surface area contributed by atoms with Crippen molar-refractivity contribution < 1.29 is 21.3 Å². The van der Waals surface area contributed by atoms with E-state index in [9.17, 15) is 5.53 Å². The fourth-order valence-electron chi connectivity index (χ4n) is 8.60. The number of nitrogens with zero attached hydrogens (tertiary/aromatic N) is 2. The second-order valence-corrected chi connectivity index (χ2v) is 16.3. The van der Waals surface area contributed by atoms with Crippen molar-refractivity contribution in [3.8, 4) is 0 Å². The van der Waals surface area contributed by atoms with Gasteiger partial charge in [-0.15, -0.1) is 4.79 Å². The van der Waals surface area contributed by atoms with Crippen molar-refractivity contribution in [1.82, 2.24) is 0 Å². The van der Waals surface area contributed by atoms with Gasteiger partial charge in [-0.3, -0.25) is 0 Å². The van der Waals surface area contributed by atoms with Crippen LogP contribution in [0.1, 0.15) is 241 Å². The van der Waals surface area contributed by atoms with Gasteiger partial charge in [0.05, 0.1) is 5.57 Å². The summed E-state index contributed by atoms with van der Waals surface area (Å²) in [6.07, 6.45) is 33.6. The summed E-state index contributed by atoms with van der Waals surface area (Å²) in [7, 11) is 0. The minimum Gasteiger partial charge on any atom is -0.358 e. The van der Waals surface area contributed by atoms with Gasteiger partial charge < -0.3 is 20.4 Å². The largest absolute Gasteiger partial charge is 2.00 e. The Kier molecular flexibility index (Phi) is 35.7. The number of hydrogen-bond donors (Lipinski definition) is 0. The molecule has 2 rings (SSSR count). The Morgan fingerprint density at radius 1 is 0.439 bits per heavy atom. The van der Waals surface area contributed by atoms with Crippen molar-refractivity contribution in [3.05, 3.63) is 100 Å². The zero-order valence-corrected chi connectivity index (χ0v) is 40.3. The maximum Gasteiger partial charge on any atom is 2.00 e. The number of aryl methyl sites for hydroxylation is 4. The van der Waals surface area contributed by atoms with Gasteiger partial charge in [-0.1, -0.05) is 176 Å². The summed E-state index contributed by atoms with van der Waals surface area (Å²) in [5.41, 5.74) is 26.3. The molecule has 2 nitrogen and oxygen atoms in total. The van der Waals surface area contributed by atoms with E-state index in [4.69, 9.17) is 0 Å². The fourth-order valence-corrected chi connectivity index (χ4v) is 8.60. The van der Waals surface area contributed by atoms with Crippen molar-refractivity contribution >= 4 is 11.4 Å². The summed E-state index contributed by atoms with van der Waals surface area (Å²) >= 11 is 0. The van der Waals surface area contributed by atoms with Gasteiger partial charge in [0.1, 0.15) is 0 Å². The Hall–Kier alpha value is -2.17. The standard InChI is InChI=1S/C52H84N2.2CH3.Ni/c1-9-17-22-26-33-44-39-48(40-45(34-27-23-18-10-2)50(44)35-28-24-19-11-3)52(51(36-25-20-12-4)46(41-54-53)32-21-13-5)47-37-42(29-14-6)49(31-16-8)43(38-47)30-15-7;;;/h37-40H,9-36H2,1-8H3;2*1H3;/q;2*-1;+2. The first-order chi connectivity index (χ1) is 26.5. The Bertz CT molecular complexity index is 1390. The Balaban J connectivity index is 0. The van der Waals surface area contributed by atoms with E-state index in [0.717, 1.165) is 69.8 Å². The first kappa shape index (κ1) is 56.9. The minimum absolute atomic E-state index is 0. The molecule has 0 radical (unpaired) electrons. The summed E-state index contributed by atoms with van der Waals surface area (Å²) < 4.78 is 0. The van der Waals surface area contributed by atoms with Gasteiger partial charge in [0, 0.05) is 0 Å². The van der Waals surface area contributed by atoms with E-state index in [0.29, 0.717) is 0 Å². The topological polar surface area (TPSA) is 36.4 Å². The maximum absolute atomic E-state index is 10.1. The second kappa shape index (κ2) is 35.7. The van der Waals surface area contributed by atoms with Gasteiger partial charge in [-0.05, 0) is 139 Å². The van der Waals surface area contributed by atoms with E-state index in [2.05, 4.69) is 90.3 Å². The average Bonchev–Trinajstić information content (AvgIpc) is 3.17. The maximum atomic E-state index is 10.1. The fraction of sp³-hybridized carbons (Fsp3) is 0.667. The van der Waals surface area contributed by atoms with Crippen molar-refractivity contribution in [3.63, 3.8) is 0 Å². The second-order valence-electron chi connectivity index (χ2n) is 16.3. The smallest absolute Gasteiger partial charge is 0.358 e. The Morgan fingerprint density at radius 3 is 1.23 bits per heavy atom. The summed E-state index contributed by atoms with van der Waals surface area (Å²) in [6, 6.07) is 10.5. The summed E-state index contributed by atoms with van der Waals surface area (Å²) in [4.78, 5) is 3.63. The van der Waals surface area contributed by atoms with Gasteiger partial charge in [0.25, 0.3) is 0 Å². The van der Waals surface area contributed by atoms with Crippen molar-refractivity contribution in [2.24, 2.45) is 0 Å². The Labute approximate surface area is 366 Å². The van der Waals surface area contributed by atoms with Crippen LogP contribution in [0.3, 0.4) is 0 Å². The van der Waals surface area contributed by atoms with Crippen molar-refractivity contribution in [2.75, 3.05) is 0 Å². The normalized spacial score (nSPS) is 11.2. The molecule has 57 heavy (non-hydrogen) atoms. The number of unbranched alkanes of at least 4 members (excludes halogenated alkanes) is 12. The SMILES string of the molecule is CCCCCCc1cc(C(=C(CCCCC)C(=C=[N+]=[N-])CCCC)c2cc(CCC)c(CCC)c(CCC)c2)cc(CCCCCC)c1CCCCCC.[CH3-].[CH3-].[Ni+2]. The number of rotatable bonds is 31. The van der Waals surface area contributed by atoms with Gasteiger partial charge in [0.15, 0.2) is 0 Å². The average molecular weight is 826 g/mol. The summed E-state index contributed by atoms with van der Waals surface area (Å²) in [5.74, 6) is 3.19. The van der Waals surface area contributed by atoms with E-state index < -0.39 is 0 Å². The molecule has 326 valence electrons. The van der Waals surface area contributed by atoms with Gasteiger partial charge in [-0.25, -0.2) is 0 Å². The van der Waals surface area contributed by atoms with Crippen LogP contribution in [0, 0.1) is 14.9 Å². The molecular weight excluding hydrogens is 735 g/mol. The molecule has 0 N–H and O–H groups in total. The van der Waals surface area contributed by atoms with Crippen LogP contribution in [0.15, 0.2) is 35.4 Å². The molecule has 0 saturated carbocycles. The van der Waals surface area contributed by atoms with E-state index in [1.807, 2.05) is 0 Å². The van der Waals surface area contributed by atoms with Crippen molar-refractivity contribution in [2.45, 2.75) is 235 Å². The van der Waals surface area contributed by atoms with Gasteiger partial charge in [0.2, 0.25) is 0 Å². The predicted molar refractivity (Wildman–Crippen MR) is 253 cm³/mol. The van der Waals surface area contributed by atoms with Crippen LogP contribution >= 0.6 is 0 Å². The van der Waals surface area contributed by atoms with Crippen LogP contribution in [0.25, 0.3) is 11.1 Å².